The largest absolute Gasteiger partial charge is 0.444 e. The van der Waals surface area contributed by atoms with E-state index >= 15 is 0 Å². The van der Waals surface area contributed by atoms with Gasteiger partial charge < -0.3 is 19.9 Å². The molecule has 0 aromatic heterocycles. The number of carbonyl (C=O) groups excluding carboxylic acids is 1. The monoisotopic (exact) mass is 333 g/mol. The summed E-state index contributed by atoms with van der Waals surface area (Å²) in [6.07, 6.45) is 1.67. The summed E-state index contributed by atoms with van der Waals surface area (Å²) < 4.78 is 5.46. The van der Waals surface area contributed by atoms with Gasteiger partial charge in [0.15, 0.2) is 0 Å². The van der Waals surface area contributed by atoms with Gasteiger partial charge in [0.25, 0.3) is 0 Å². The number of hydrogen-bond donors (Lipinski definition) is 1. The molecule has 0 spiro atoms. The van der Waals surface area contributed by atoms with Gasteiger partial charge in [0.1, 0.15) is 5.60 Å². The van der Waals surface area contributed by atoms with E-state index in [-0.39, 0.29) is 6.09 Å². The van der Waals surface area contributed by atoms with E-state index in [9.17, 15) is 4.79 Å². The van der Waals surface area contributed by atoms with Gasteiger partial charge in [-0.3, -0.25) is 0 Å². The molecule has 5 heteroatoms. The second-order valence-electron chi connectivity index (χ2n) is 7.42. The number of nitrogens with one attached hydrogen (secondary N) is 1. The first-order valence-electron chi connectivity index (χ1n) is 8.85. The summed E-state index contributed by atoms with van der Waals surface area (Å²) in [5, 5.41) is 3.65. The third-order valence-corrected chi connectivity index (χ3v) is 4.30. The van der Waals surface area contributed by atoms with Gasteiger partial charge in [0.2, 0.25) is 0 Å². The lowest BCUT2D eigenvalue weighted by atomic mass is 10.0. The van der Waals surface area contributed by atoms with Crippen LogP contribution < -0.4 is 10.2 Å². The van der Waals surface area contributed by atoms with Crippen LogP contribution in [0.5, 0.6) is 0 Å². The van der Waals surface area contributed by atoms with Crippen molar-refractivity contribution >= 4 is 17.5 Å². The van der Waals surface area contributed by atoms with Crippen molar-refractivity contribution in [3.05, 3.63) is 24.3 Å². The van der Waals surface area contributed by atoms with Gasteiger partial charge in [0.05, 0.1) is 11.4 Å². The van der Waals surface area contributed by atoms with E-state index in [1.54, 1.807) is 0 Å². The van der Waals surface area contributed by atoms with Crippen LogP contribution in [-0.2, 0) is 4.74 Å². The minimum Gasteiger partial charge on any atom is -0.444 e. The summed E-state index contributed by atoms with van der Waals surface area (Å²) in [6, 6.07) is 8.78. The van der Waals surface area contributed by atoms with Gasteiger partial charge in [-0.2, -0.15) is 0 Å². The summed E-state index contributed by atoms with van der Waals surface area (Å²) in [5.41, 5.74) is 1.95. The molecular formula is C19H31N3O2. The molecule has 1 aromatic carbocycles. The van der Waals surface area contributed by atoms with Crippen LogP contribution in [0.4, 0.5) is 16.2 Å². The van der Waals surface area contributed by atoms with E-state index in [0.717, 1.165) is 38.2 Å². The van der Waals surface area contributed by atoms with E-state index in [4.69, 9.17) is 4.74 Å². The maximum Gasteiger partial charge on any atom is 0.410 e. The highest BCUT2D eigenvalue weighted by Crippen LogP contribution is 2.27. The van der Waals surface area contributed by atoms with E-state index in [2.05, 4.69) is 48.5 Å². The van der Waals surface area contributed by atoms with Crippen LogP contribution in [0.1, 0.15) is 40.5 Å². The van der Waals surface area contributed by atoms with Gasteiger partial charge >= 0.3 is 6.09 Å². The molecule has 1 heterocycles. The van der Waals surface area contributed by atoms with Crippen molar-refractivity contribution in [1.29, 1.82) is 0 Å². The molecule has 1 aliphatic heterocycles. The second kappa shape index (κ2) is 7.77. The molecule has 0 radical (unpaired) electrons. The molecule has 0 unspecified atom stereocenters. The van der Waals surface area contributed by atoms with Crippen molar-refractivity contribution in [3.8, 4) is 0 Å². The number of anilines is 2. The predicted octanol–water partition coefficient (Wildman–Crippen LogP) is 3.95. The molecular weight excluding hydrogens is 302 g/mol. The standard InChI is InChI=1S/C19H31N3O2/c1-6-21(5)17-10-8-7-9-16(17)20-15-11-13-22(14-12-15)18(23)24-19(2,3)4/h7-10,15,20H,6,11-14H2,1-5H3. The van der Waals surface area contributed by atoms with Crippen molar-refractivity contribution in [2.75, 3.05) is 36.9 Å². The minimum atomic E-state index is -0.435. The first-order valence-corrected chi connectivity index (χ1v) is 8.85. The Morgan fingerprint density at radius 2 is 1.92 bits per heavy atom. The van der Waals surface area contributed by atoms with Gasteiger partial charge in [-0.1, -0.05) is 12.1 Å². The summed E-state index contributed by atoms with van der Waals surface area (Å²) in [7, 11) is 2.10. The van der Waals surface area contributed by atoms with Crippen LogP contribution in [0.3, 0.4) is 0 Å². The molecule has 1 saturated heterocycles. The van der Waals surface area contributed by atoms with Crippen molar-refractivity contribution in [2.45, 2.75) is 52.2 Å². The fourth-order valence-corrected chi connectivity index (χ4v) is 2.85. The number of nitrogens with zero attached hydrogens (tertiary/aromatic N) is 2. The lowest BCUT2D eigenvalue weighted by Crippen LogP contribution is -2.44. The first-order chi connectivity index (χ1) is 11.3. The van der Waals surface area contributed by atoms with Crippen molar-refractivity contribution in [1.82, 2.24) is 4.90 Å². The van der Waals surface area contributed by atoms with Gasteiger partial charge in [0, 0.05) is 32.7 Å². The minimum absolute atomic E-state index is 0.202. The average Bonchev–Trinajstić information content (AvgIpc) is 2.53. The molecule has 0 saturated carbocycles. The van der Waals surface area contributed by atoms with Crippen molar-refractivity contribution in [2.24, 2.45) is 0 Å². The number of likely N-dealkylation sites (tertiary alicyclic amines) is 1. The number of benzene rings is 1. The van der Waals surface area contributed by atoms with E-state index in [1.165, 1.54) is 5.69 Å². The lowest BCUT2D eigenvalue weighted by molar-refractivity contribution is 0.0210. The normalized spacial score (nSPS) is 16.0. The maximum atomic E-state index is 12.1. The molecule has 0 atom stereocenters. The van der Waals surface area contributed by atoms with Gasteiger partial charge in [-0.25, -0.2) is 4.79 Å². The van der Waals surface area contributed by atoms with Gasteiger partial charge in [-0.05, 0) is 52.7 Å². The van der Waals surface area contributed by atoms with Crippen LogP contribution in [-0.4, -0.2) is 49.3 Å². The SMILES string of the molecule is CCN(C)c1ccccc1NC1CCN(C(=O)OC(C)(C)C)CC1. The van der Waals surface area contributed by atoms with E-state index < -0.39 is 5.60 Å². The number of ether oxygens (including phenoxy) is 1. The zero-order valence-corrected chi connectivity index (χ0v) is 15.6. The van der Waals surface area contributed by atoms with Gasteiger partial charge in [-0.15, -0.1) is 0 Å². The topological polar surface area (TPSA) is 44.8 Å². The molecule has 1 aromatic rings. The Labute approximate surface area is 146 Å². The van der Waals surface area contributed by atoms with Crippen molar-refractivity contribution < 1.29 is 9.53 Å². The Balaban J connectivity index is 1.91. The highest BCUT2D eigenvalue weighted by Gasteiger charge is 2.27. The zero-order chi connectivity index (χ0) is 17.7. The van der Waals surface area contributed by atoms with Crippen LogP contribution in [0.2, 0.25) is 0 Å². The molecule has 5 nitrogen and oxygen atoms in total. The maximum absolute atomic E-state index is 12.1. The van der Waals surface area contributed by atoms with Crippen molar-refractivity contribution in [3.63, 3.8) is 0 Å². The fraction of sp³-hybridized carbons (Fsp3) is 0.632. The van der Waals surface area contributed by atoms with E-state index in [1.807, 2.05) is 25.7 Å². The summed E-state index contributed by atoms with van der Waals surface area (Å²) in [4.78, 5) is 16.2. The second-order valence-corrected chi connectivity index (χ2v) is 7.42. The Morgan fingerprint density at radius 1 is 1.29 bits per heavy atom. The fourth-order valence-electron chi connectivity index (χ4n) is 2.85. The number of amides is 1. The Morgan fingerprint density at radius 3 is 2.50 bits per heavy atom. The molecule has 134 valence electrons. The third-order valence-electron chi connectivity index (χ3n) is 4.30. The highest BCUT2D eigenvalue weighted by atomic mass is 16.6. The third kappa shape index (κ3) is 5.05. The first kappa shape index (κ1) is 18.4. The average molecular weight is 333 g/mol. The summed E-state index contributed by atoms with van der Waals surface area (Å²) in [5.74, 6) is 0. The van der Waals surface area contributed by atoms with Crippen LogP contribution in [0.15, 0.2) is 24.3 Å². The number of carbonyl (C=O) groups is 1. The summed E-state index contributed by atoms with van der Waals surface area (Å²) >= 11 is 0. The lowest BCUT2D eigenvalue weighted by Gasteiger charge is -2.34. The quantitative estimate of drug-likeness (QED) is 0.906. The zero-order valence-electron chi connectivity index (χ0n) is 15.6. The van der Waals surface area contributed by atoms with Crippen LogP contribution >= 0.6 is 0 Å². The Kier molecular flexibility index (Phi) is 5.97. The molecule has 1 aliphatic rings. The molecule has 2 rings (SSSR count). The Hall–Kier alpha value is -1.91. The number of rotatable bonds is 4. The molecule has 1 amide bonds. The van der Waals surface area contributed by atoms with Crippen LogP contribution in [0, 0.1) is 0 Å². The smallest absolute Gasteiger partial charge is 0.410 e. The summed E-state index contributed by atoms with van der Waals surface area (Å²) in [6.45, 7) is 10.3. The van der Waals surface area contributed by atoms with Crippen LogP contribution in [0.25, 0.3) is 0 Å². The number of hydrogen-bond acceptors (Lipinski definition) is 4. The molecule has 24 heavy (non-hydrogen) atoms. The highest BCUT2D eigenvalue weighted by molar-refractivity contribution is 5.70. The number of piperidine rings is 1. The molecule has 1 N–H and O–H groups in total. The molecule has 0 aliphatic carbocycles. The number of para-hydroxylation sites is 2. The Bertz CT molecular complexity index is 546. The predicted molar refractivity (Wildman–Crippen MR) is 99.8 cm³/mol. The molecule has 1 fully saturated rings. The van der Waals surface area contributed by atoms with E-state index in [0.29, 0.717) is 6.04 Å². The molecule has 0 bridgehead atoms.